The highest BCUT2D eigenvalue weighted by Crippen LogP contribution is 2.37. The maximum Gasteiger partial charge on any atom is 0.410 e. The Morgan fingerprint density at radius 2 is 1.97 bits per heavy atom. The van der Waals surface area contributed by atoms with Crippen LogP contribution in [0.1, 0.15) is 35.6 Å². The molecule has 3 fully saturated rings. The highest BCUT2D eigenvalue weighted by Gasteiger charge is 2.39. The summed E-state index contributed by atoms with van der Waals surface area (Å²) in [5.41, 5.74) is 3.42. The first-order valence-corrected chi connectivity index (χ1v) is 10.5. The summed E-state index contributed by atoms with van der Waals surface area (Å²) in [5.74, 6) is 1.05. The number of ether oxygens (including phenoxy) is 2. The Hall–Kier alpha value is -2.60. The molecule has 3 saturated heterocycles. The molecule has 4 aliphatic rings. The lowest BCUT2D eigenvalue weighted by Gasteiger charge is -2.45. The molecule has 0 saturated carbocycles. The smallest absolute Gasteiger partial charge is 0.410 e. The molecule has 0 N–H and O–H groups in total. The first-order valence-electron chi connectivity index (χ1n) is 10.5. The van der Waals surface area contributed by atoms with Crippen molar-refractivity contribution in [2.24, 2.45) is 5.92 Å². The monoisotopic (exact) mass is 393 g/mol. The van der Waals surface area contributed by atoms with Crippen molar-refractivity contribution in [2.75, 3.05) is 33.3 Å². The van der Waals surface area contributed by atoms with Crippen molar-refractivity contribution in [2.45, 2.75) is 31.4 Å². The van der Waals surface area contributed by atoms with Crippen LogP contribution in [-0.2, 0) is 11.2 Å². The molecule has 1 aromatic heterocycles. The lowest BCUT2D eigenvalue weighted by atomic mass is 9.86. The van der Waals surface area contributed by atoms with E-state index in [1.165, 1.54) is 5.56 Å². The van der Waals surface area contributed by atoms with E-state index in [1.807, 2.05) is 23.1 Å². The second-order valence-corrected chi connectivity index (χ2v) is 8.24. The number of nitrogens with zero attached hydrogens (tertiary/aromatic N) is 3. The molecule has 6 rings (SSSR count). The minimum absolute atomic E-state index is 0.00907. The minimum Gasteiger partial charge on any atom is -0.481 e. The maximum absolute atomic E-state index is 13.3. The predicted octanol–water partition coefficient (Wildman–Crippen LogP) is 3.27. The second-order valence-electron chi connectivity index (χ2n) is 8.24. The van der Waals surface area contributed by atoms with Crippen LogP contribution in [0.4, 0.5) is 4.79 Å². The summed E-state index contributed by atoms with van der Waals surface area (Å²) in [4.78, 5) is 21.9. The van der Waals surface area contributed by atoms with E-state index >= 15 is 0 Å². The number of rotatable bonds is 3. The van der Waals surface area contributed by atoms with Crippen molar-refractivity contribution >= 4 is 6.09 Å². The number of fused-ring (bicyclic) bond motifs is 4. The third-order valence-corrected chi connectivity index (χ3v) is 6.65. The van der Waals surface area contributed by atoms with E-state index in [0.717, 1.165) is 50.0 Å². The highest BCUT2D eigenvalue weighted by atomic mass is 16.6. The van der Waals surface area contributed by atoms with Gasteiger partial charge in [-0.1, -0.05) is 24.3 Å². The van der Waals surface area contributed by atoms with E-state index in [1.54, 1.807) is 13.3 Å². The summed E-state index contributed by atoms with van der Waals surface area (Å²) in [6.07, 6.45) is 4.64. The van der Waals surface area contributed by atoms with Crippen LogP contribution >= 0.6 is 0 Å². The second kappa shape index (κ2) is 7.67. The van der Waals surface area contributed by atoms with Crippen molar-refractivity contribution in [3.63, 3.8) is 0 Å². The number of benzene rings is 1. The van der Waals surface area contributed by atoms with Gasteiger partial charge in [0.25, 0.3) is 0 Å². The molecule has 6 nitrogen and oxygen atoms in total. The fourth-order valence-corrected chi connectivity index (χ4v) is 5.07. The zero-order valence-electron chi connectivity index (χ0n) is 16.8. The Kier molecular flexibility index (Phi) is 4.87. The van der Waals surface area contributed by atoms with E-state index in [0.29, 0.717) is 18.3 Å². The number of piperidine rings is 3. The van der Waals surface area contributed by atoms with Gasteiger partial charge in [-0.2, -0.15) is 0 Å². The van der Waals surface area contributed by atoms with Gasteiger partial charge in [-0.3, -0.25) is 9.80 Å². The fraction of sp³-hybridized carbons (Fsp3) is 0.478. The number of carbonyl (C=O) groups is 1. The van der Waals surface area contributed by atoms with Gasteiger partial charge in [-0.25, -0.2) is 9.78 Å². The quantitative estimate of drug-likeness (QED) is 0.801. The minimum atomic E-state index is -0.209. The van der Waals surface area contributed by atoms with Crippen LogP contribution in [0.25, 0.3) is 0 Å². The molecule has 0 unspecified atom stereocenters. The number of methoxy groups -OCH3 is 1. The number of pyridine rings is 1. The molecule has 2 atom stereocenters. The number of hydrogen-bond acceptors (Lipinski definition) is 5. The molecule has 0 aliphatic carbocycles. The fourth-order valence-electron chi connectivity index (χ4n) is 5.07. The Morgan fingerprint density at radius 1 is 1.14 bits per heavy atom. The first kappa shape index (κ1) is 18.4. The molecule has 152 valence electrons. The number of hydrogen-bond donors (Lipinski definition) is 0. The molecule has 5 heterocycles. The Balaban J connectivity index is 1.45. The molecule has 1 aromatic carbocycles. The molecular formula is C23H27N3O3. The van der Waals surface area contributed by atoms with Gasteiger partial charge in [-0.05, 0) is 61.0 Å². The maximum atomic E-state index is 13.3. The molecule has 4 aliphatic heterocycles. The molecule has 1 amide bonds. The molecule has 29 heavy (non-hydrogen) atoms. The van der Waals surface area contributed by atoms with Crippen molar-refractivity contribution in [1.82, 2.24) is 14.8 Å². The predicted molar refractivity (Wildman–Crippen MR) is 109 cm³/mol. The van der Waals surface area contributed by atoms with Crippen LogP contribution < -0.4 is 4.74 Å². The molecule has 6 heteroatoms. The number of aromatic nitrogens is 1. The zero-order chi connectivity index (χ0) is 19.8. The van der Waals surface area contributed by atoms with Crippen LogP contribution in [0.15, 0.2) is 42.6 Å². The van der Waals surface area contributed by atoms with Gasteiger partial charge in [0.2, 0.25) is 5.88 Å². The van der Waals surface area contributed by atoms with Crippen molar-refractivity contribution in [3.8, 4) is 5.88 Å². The number of amides is 1. The summed E-state index contributed by atoms with van der Waals surface area (Å²) in [6, 6.07) is 12.0. The summed E-state index contributed by atoms with van der Waals surface area (Å²) in [6.45, 7) is 3.78. The normalized spacial score (nSPS) is 28.0. The highest BCUT2D eigenvalue weighted by molar-refractivity contribution is 5.70. The largest absolute Gasteiger partial charge is 0.481 e. The van der Waals surface area contributed by atoms with Crippen LogP contribution in [0.5, 0.6) is 5.88 Å². The SMILES string of the molecule is COc1cc([C@@H]2c3ccccc3CCN2C(=O)O[C@@H]2CN3CCC2CC3)ccn1. The van der Waals surface area contributed by atoms with Crippen LogP contribution in [0.3, 0.4) is 0 Å². The molecule has 2 aromatic rings. The van der Waals surface area contributed by atoms with Crippen molar-refractivity contribution in [3.05, 3.63) is 59.3 Å². The number of carbonyl (C=O) groups excluding carboxylic acids is 1. The molecule has 2 bridgehead atoms. The molecule has 0 spiro atoms. The Bertz CT molecular complexity index is 894. The third-order valence-electron chi connectivity index (χ3n) is 6.65. The van der Waals surface area contributed by atoms with Gasteiger partial charge in [0, 0.05) is 25.4 Å². The van der Waals surface area contributed by atoms with Crippen LogP contribution in [0.2, 0.25) is 0 Å². The summed E-state index contributed by atoms with van der Waals surface area (Å²) in [5, 5.41) is 0. The van der Waals surface area contributed by atoms with Gasteiger partial charge in [0.15, 0.2) is 0 Å². The lowest BCUT2D eigenvalue weighted by Crippen LogP contribution is -2.53. The van der Waals surface area contributed by atoms with E-state index < -0.39 is 0 Å². The lowest BCUT2D eigenvalue weighted by molar-refractivity contribution is -0.0462. The van der Waals surface area contributed by atoms with Crippen molar-refractivity contribution < 1.29 is 14.3 Å². The van der Waals surface area contributed by atoms with Crippen LogP contribution in [-0.4, -0.2) is 60.3 Å². The first-order chi connectivity index (χ1) is 14.2. The zero-order valence-corrected chi connectivity index (χ0v) is 16.8. The summed E-state index contributed by atoms with van der Waals surface area (Å²) >= 11 is 0. The molecular weight excluding hydrogens is 366 g/mol. The van der Waals surface area contributed by atoms with Gasteiger partial charge in [-0.15, -0.1) is 0 Å². The van der Waals surface area contributed by atoms with E-state index in [-0.39, 0.29) is 18.2 Å². The average Bonchev–Trinajstić information content (AvgIpc) is 2.79. The van der Waals surface area contributed by atoms with E-state index in [2.05, 4.69) is 28.1 Å². The van der Waals surface area contributed by atoms with Gasteiger partial charge in [0.1, 0.15) is 6.10 Å². The van der Waals surface area contributed by atoms with Gasteiger partial charge < -0.3 is 9.47 Å². The third kappa shape index (κ3) is 3.46. The topological polar surface area (TPSA) is 54.9 Å². The van der Waals surface area contributed by atoms with Gasteiger partial charge in [0.05, 0.1) is 13.2 Å². The van der Waals surface area contributed by atoms with E-state index in [9.17, 15) is 4.79 Å². The summed E-state index contributed by atoms with van der Waals surface area (Å²) < 4.78 is 11.4. The van der Waals surface area contributed by atoms with Gasteiger partial charge >= 0.3 is 6.09 Å². The summed E-state index contributed by atoms with van der Waals surface area (Å²) in [7, 11) is 1.61. The Morgan fingerprint density at radius 3 is 2.72 bits per heavy atom. The van der Waals surface area contributed by atoms with E-state index in [4.69, 9.17) is 9.47 Å². The molecule has 0 radical (unpaired) electrons. The standard InChI is InChI=1S/C23H27N3O3/c1-28-21-14-18(6-10-24-21)22-19-5-3-2-4-16(19)9-13-26(22)23(27)29-20-15-25-11-7-17(20)8-12-25/h2-6,10,14,17,20,22H,7-9,11-13,15H2,1H3/t20-,22-/m1/s1. The average molecular weight is 393 g/mol. The van der Waals surface area contributed by atoms with Crippen molar-refractivity contribution in [1.29, 1.82) is 0 Å². The van der Waals surface area contributed by atoms with Crippen LogP contribution in [0, 0.1) is 5.92 Å². The Labute approximate surface area is 171 Å².